The van der Waals surface area contributed by atoms with E-state index in [-0.39, 0.29) is 5.82 Å². The van der Waals surface area contributed by atoms with Gasteiger partial charge in [0.05, 0.1) is 0 Å². The summed E-state index contributed by atoms with van der Waals surface area (Å²) in [7, 11) is 2.10. The molecule has 1 fully saturated rings. The first-order valence-corrected chi connectivity index (χ1v) is 6.33. The molecule has 0 atom stereocenters. The van der Waals surface area contributed by atoms with Gasteiger partial charge in [-0.1, -0.05) is 6.07 Å². The third kappa shape index (κ3) is 2.50. The van der Waals surface area contributed by atoms with Crippen LogP contribution in [0.1, 0.15) is 0 Å². The summed E-state index contributed by atoms with van der Waals surface area (Å²) in [5, 5.41) is 2.81. The summed E-state index contributed by atoms with van der Waals surface area (Å²) in [6.45, 7) is 3.84. The first-order valence-electron chi connectivity index (χ1n) is 6.33. The van der Waals surface area contributed by atoms with Gasteiger partial charge in [0.15, 0.2) is 5.82 Å². The van der Waals surface area contributed by atoms with E-state index < -0.39 is 0 Å². The molecule has 1 aliphatic rings. The van der Waals surface area contributed by atoms with Crippen LogP contribution in [0.5, 0.6) is 0 Å². The topological polar surface area (TPSA) is 44.3 Å². The lowest BCUT2D eigenvalue weighted by molar-refractivity contribution is 0.178. The second kappa shape index (κ2) is 5.07. The molecule has 6 heteroatoms. The Morgan fingerprint density at radius 3 is 2.74 bits per heavy atom. The number of aromatic nitrogens is 2. The van der Waals surface area contributed by atoms with E-state index in [1.807, 2.05) is 6.07 Å². The highest BCUT2D eigenvalue weighted by molar-refractivity contribution is 5.88. The Bertz CT molecular complexity index is 580. The number of nitrogens with one attached hydrogen (secondary N) is 1. The molecule has 1 saturated heterocycles. The normalized spacial score (nSPS) is 17.8. The number of likely N-dealkylation sites (N-methyl/N-ethyl adjacent to an activating group) is 1. The van der Waals surface area contributed by atoms with Crippen molar-refractivity contribution in [3.8, 4) is 0 Å². The van der Waals surface area contributed by atoms with E-state index >= 15 is 0 Å². The number of rotatable bonds is 2. The third-order valence-electron chi connectivity index (χ3n) is 3.38. The molecule has 0 spiro atoms. The Morgan fingerprint density at radius 1 is 1.16 bits per heavy atom. The summed E-state index contributed by atoms with van der Waals surface area (Å²) in [4.78, 5) is 10.5. The van der Waals surface area contributed by atoms with Crippen LogP contribution in [0.4, 0.5) is 10.2 Å². The zero-order valence-electron chi connectivity index (χ0n) is 10.8. The van der Waals surface area contributed by atoms with Gasteiger partial charge in [0.1, 0.15) is 17.7 Å². The van der Waals surface area contributed by atoms with Crippen LogP contribution in [0.3, 0.4) is 0 Å². The minimum absolute atomic E-state index is 0.318. The summed E-state index contributed by atoms with van der Waals surface area (Å²) < 4.78 is 13.7. The number of anilines is 1. The molecular formula is C13H16FN5. The molecule has 1 aliphatic heterocycles. The molecule has 2 aromatic rings. The Balaban J connectivity index is 1.87. The molecule has 0 radical (unpaired) electrons. The lowest BCUT2D eigenvalue weighted by Crippen LogP contribution is -2.47. The van der Waals surface area contributed by atoms with E-state index in [9.17, 15) is 4.39 Å². The maximum absolute atomic E-state index is 13.7. The minimum atomic E-state index is -0.318. The van der Waals surface area contributed by atoms with E-state index in [2.05, 4.69) is 32.4 Å². The van der Waals surface area contributed by atoms with E-state index in [1.165, 1.54) is 12.4 Å². The SMILES string of the molecule is CN1CCN(Nc2ncnc3c(F)cccc23)CC1. The molecule has 1 N–H and O–H groups in total. The van der Waals surface area contributed by atoms with Gasteiger partial charge in [0, 0.05) is 31.6 Å². The summed E-state index contributed by atoms with van der Waals surface area (Å²) >= 11 is 0. The first kappa shape index (κ1) is 12.3. The molecule has 5 nitrogen and oxygen atoms in total. The molecule has 0 amide bonds. The lowest BCUT2D eigenvalue weighted by Gasteiger charge is -2.32. The number of fused-ring (bicyclic) bond motifs is 1. The monoisotopic (exact) mass is 261 g/mol. The van der Waals surface area contributed by atoms with Gasteiger partial charge in [-0.05, 0) is 19.2 Å². The Morgan fingerprint density at radius 2 is 1.95 bits per heavy atom. The number of piperazine rings is 1. The average molecular weight is 261 g/mol. The number of nitrogens with zero attached hydrogens (tertiary/aromatic N) is 4. The second-order valence-corrected chi connectivity index (χ2v) is 4.76. The fourth-order valence-electron chi connectivity index (χ4n) is 2.21. The van der Waals surface area contributed by atoms with Crippen molar-refractivity contribution in [2.24, 2.45) is 0 Å². The molecule has 3 rings (SSSR count). The van der Waals surface area contributed by atoms with Gasteiger partial charge >= 0.3 is 0 Å². The van der Waals surface area contributed by atoms with E-state index in [0.717, 1.165) is 26.2 Å². The molecule has 0 saturated carbocycles. The standard InChI is InChI=1S/C13H16FN5/c1-18-5-7-19(8-6-18)17-13-10-3-2-4-11(14)12(10)15-9-16-13/h2-4,9H,5-8H2,1H3,(H,15,16,17). The molecule has 0 bridgehead atoms. The van der Waals surface area contributed by atoms with Crippen molar-refractivity contribution in [1.29, 1.82) is 0 Å². The zero-order valence-corrected chi connectivity index (χ0v) is 10.8. The highest BCUT2D eigenvalue weighted by Gasteiger charge is 2.15. The Labute approximate surface area is 111 Å². The zero-order chi connectivity index (χ0) is 13.2. The quantitative estimate of drug-likeness (QED) is 0.884. The van der Waals surface area contributed by atoms with Crippen molar-refractivity contribution in [1.82, 2.24) is 19.9 Å². The van der Waals surface area contributed by atoms with Crippen molar-refractivity contribution in [2.45, 2.75) is 0 Å². The number of halogens is 1. The van der Waals surface area contributed by atoms with Gasteiger partial charge in [-0.2, -0.15) is 0 Å². The van der Waals surface area contributed by atoms with Crippen LogP contribution in [0.2, 0.25) is 0 Å². The Kier molecular flexibility index (Phi) is 3.27. The van der Waals surface area contributed by atoms with E-state index in [0.29, 0.717) is 16.7 Å². The van der Waals surface area contributed by atoms with Gasteiger partial charge in [0.2, 0.25) is 0 Å². The van der Waals surface area contributed by atoms with Gasteiger partial charge in [-0.3, -0.25) is 0 Å². The number of benzene rings is 1. The number of hydrogen-bond donors (Lipinski definition) is 1. The molecule has 0 aliphatic carbocycles. The van der Waals surface area contributed by atoms with Gasteiger partial charge in [0.25, 0.3) is 0 Å². The number of para-hydroxylation sites is 1. The molecule has 0 unspecified atom stereocenters. The number of hydrazine groups is 1. The van der Waals surface area contributed by atoms with Gasteiger partial charge in [-0.25, -0.2) is 19.4 Å². The molecule has 1 aromatic heterocycles. The van der Waals surface area contributed by atoms with Crippen molar-refractivity contribution >= 4 is 16.7 Å². The lowest BCUT2D eigenvalue weighted by atomic mass is 10.2. The molecule has 2 heterocycles. The van der Waals surface area contributed by atoms with Crippen LogP contribution in [-0.2, 0) is 0 Å². The summed E-state index contributed by atoms with van der Waals surface area (Å²) in [5.41, 5.74) is 3.62. The highest BCUT2D eigenvalue weighted by atomic mass is 19.1. The van der Waals surface area contributed by atoms with Gasteiger partial charge in [-0.15, -0.1) is 0 Å². The van der Waals surface area contributed by atoms with Crippen LogP contribution < -0.4 is 5.43 Å². The molecule has 19 heavy (non-hydrogen) atoms. The van der Waals surface area contributed by atoms with Crippen LogP contribution in [0.15, 0.2) is 24.5 Å². The van der Waals surface area contributed by atoms with Crippen LogP contribution in [-0.4, -0.2) is 53.1 Å². The smallest absolute Gasteiger partial charge is 0.151 e. The fraction of sp³-hybridized carbons (Fsp3) is 0.385. The van der Waals surface area contributed by atoms with Crippen molar-refractivity contribution in [2.75, 3.05) is 38.7 Å². The van der Waals surface area contributed by atoms with E-state index in [4.69, 9.17) is 0 Å². The van der Waals surface area contributed by atoms with Crippen LogP contribution in [0.25, 0.3) is 10.9 Å². The summed E-state index contributed by atoms with van der Waals surface area (Å²) in [5.74, 6) is 0.343. The van der Waals surface area contributed by atoms with Crippen molar-refractivity contribution in [3.63, 3.8) is 0 Å². The number of hydrogen-bond acceptors (Lipinski definition) is 5. The highest BCUT2D eigenvalue weighted by Crippen LogP contribution is 2.21. The summed E-state index contributed by atoms with van der Waals surface area (Å²) in [6.07, 6.45) is 1.39. The maximum atomic E-state index is 13.7. The Hall–Kier alpha value is -1.79. The predicted octanol–water partition coefficient (Wildman–Crippen LogP) is 1.34. The third-order valence-corrected chi connectivity index (χ3v) is 3.38. The van der Waals surface area contributed by atoms with Crippen LogP contribution in [0, 0.1) is 5.82 Å². The molecule has 100 valence electrons. The van der Waals surface area contributed by atoms with Crippen LogP contribution >= 0.6 is 0 Å². The predicted molar refractivity (Wildman–Crippen MR) is 72.2 cm³/mol. The molecule has 1 aromatic carbocycles. The van der Waals surface area contributed by atoms with Crippen molar-refractivity contribution < 1.29 is 4.39 Å². The maximum Gasteiger partial charge on any atom is 0.151 e. The van der Waals surface area contributed by atoms with E-state index in [1.54, 1.807) is 6.07 Å². The van der Waals surface area contributed by atoms with Crippen molar-refractivity contribution in [3.05, 3.63) is 30.3 Å². The average Bonchev–Trinajstić information content (AvgIpc) is 2.43. The summed E-state index contributed by atoms with van der Waals surface area (Å²) in [6, 6.07) is 4.92. The minimum Gasteiger partial charge on any atom is -0.304 e. The second-order valence-electron chi connectivity index (χ2n) is 4.76. The van der Waals surface area contributed by atoms with Gasteiger partial charge < -0.3 is 10.3 Å². The largest absolute Gasteiger partial charge is 0.304 e. The molecular weight excluding hydrogens is 245 g/mol. The fourth-order valence-corrected chi connectivity index (χ4v) is 2.21. The first-order chi connectivity index (χ1) is 9.24.